The number of ether oxygens (including phenoxy) is 1. The van der Waals surface area contributed by atoms with Crippen molar-refractivity contribution in [2.75, 3.05) is 5.73 Å². The lowest BCUT2D eigenvalue weighted by Crippen LogP contribution is -2.08. The van der Waals surface area contributed by atoms with Gasteiger partial charge in [-0.3, -0.25) is 0 Å². The van der Waals surface area contributed by atoms with E-state index in [0.29, 0.717) is 17.9 Å². The van der Waals surface area contributed by atoms with E-state index in [-0.39, 0.29) is 0 Å². The van der Waals surface area contributed by atoms with Crippen molar-refractivity contribution < 1.29 is 4.74 Å². The van der Waals surface area contributed by atoms with Gasteiger partial charge < -0.3 is 10.5 Å². The third-order valence-corrected chi connectivity index (χ3v) is 3.08. The van der Waals surface area contributed by atoms with Gasteiger partial charge in [-0.1, -0.05) is 27.7 Å². The molecule has 1 heterocycles. The second-order valence-electron chi connectivity index (χ2n) is 5.48. The molecule has 17 heavy (non-hydrogen) atoms. The van der Waals surface area contributed by atoms with E-state index in [1.54, 1.807) is 0 Å². The molecule has 94 valence electrons. The first kappa shape index (κ1) is 12.2. The molecule has 1 fully saturated rings. The Bertz CT molecular complexity index is 380. The fourth-order valence-electron chi connectivity index (χ4n) is 1.90. The quantitative estimate of drug-likeness (QED) is 0.868. The predicted molar refractivity (Wildman–Crippen MR) is 70.5 cm³/mol. The Morgan fingerprint density at radius 1 is 1.24 bits per heavy atom. The second kappa shape index (κ2) is 4.55. The molecule has 3 heteroatoms. The highest BCUT2D eigenvalue weighted by atomic mass is 16.5. The molecule has 2 N–H and O–H groups in total. The number of nitrogens with zero attached hydrogens (tertiary/aromatic N) is 1. The van der Waals surface area contributed by atoms with Crippen LogP contribution >= 0.6 is 0 Å². The SMILES string of the molecule is CC(C)c1cc(OC2CC2)nc(C(C)C)c1N. The van der Waals surface area contributed by atoms with Crippen molar-refractivity contribution >= 4 is 5.69 Å². The number of hydrogen-bond acceptors (Lipinski definition) is 3. The molecule has 0 aromatic carbocycles. The van der Waals surface area contributed by atoms with Gasteiger partial charge in [0.05, 0.1) is 11.4 Å². The summed E-state index contributed by atoms with van der Waals surface area (Å²) < 4.78 is 5.80. The summed E-state index contributed by atoms with van der Waals surface area (Å²) in [5.41, 5.74) is 9.13. The van der Waals surface area contributed by atoms with Crippen LogP contribution in [0.25, 0.3) is 0 Å². The van der Waals surface area contributed by atoms with Gasteiger partial charge >= 0.3 is 0 Å². The van der Waals surface area contributed by atoms with Crippen LogP contribution in [0.1, 0.15) is 63.6 Å². The summed E-state index contributed by atoms with van der Waals surface area (Å²) in [5, 5.41) is 0. The molecule has 1 aromatic heterocycles. The van der Waals surface area contributed by atoms with Gasteiger partial charge in [-0.2, -0.15) is 0 Å². The van der Waals surface area contributed by atoms with E-state index in [1.165, 1.54) is 0 Å². The number of anilines is 1. The molecular formula is C14H22N2O. The Labute approximate surface area is 103 Å². The van der Waals surface area contributed by atoms with E-state index in [2.05, 4.69) is 32.7 Å². The van der Waals surface area contributed by atoms with Crippen molar-refractivity contribution in [1.29, 1.82) is 0 Å². The Kier molecular flexibility index (Phi) is 3.27. The van der Waals surface area contributed by atoms with Crippen molar-refractivity contribution in [3.63, 3.8) is 0 Å². The molecule has 0 spiro atoms. The minimum absolute atomic E-state index is 0.329. The first-order valence-corrected chi connectivity index (χ1v) is 6.46. The molecule has 1 saturated carbocycles. The zero-order chi connectivity index (χ0) is 12.6. The molecular weight excluding hydrogens is 212 g/mol. The molecule has 2 rings (SSSR count). The number of pyridine rings is 1. The molecule has 0 saturated heterocycles. The highest BCUT2D eigenvalue weighted by Gasteiger charge is 2.25. The summed E-state index contributed by atoms with van der Waals surface area (Å²) in [5.74, 6) is 1.47. The maximum absolute atomic E-state index is 6.18. The maximum Gasteiger partial charge on any atom is 0.214 e. The number of rotatable bonds is 4. The van der Waals surface area contributed by atoms with Crippen LogP contribution < -0.4 is 10.5 Å². The molecule has 1 aliphatic carbocycles. The lowest BCUT2D eigenvalue weighted by Gasteiger charge is -2.17. The summed E-state index contributed by atoms with van der Waals surface area (Å²) in [4.78, 5) is 4.55. The van der Waals surface area contributed by atoms with Crippen LogP contribution in [0.4, 0.5) is 5.69 Å². The molecule has 1 aliphatic rings. The van der Waals surface area contributed by atoms with Crippen molar-refractivity contribution in [2.24, 2.45) is 0 Å². The second-order valence-corrected chi connectivity index (χ2v) is 5.48. The summed E-state index contributed by atoms with van der Waals surface area (Å²) in [6.07, 6.45) is 2.69. The molecule has 3 nitrogen and oxygen atoms in total. The van der Waals surface area contributed by atoms with Crippen LogP contribution in [0, 0.1) is 0 Å². The minimum Gasteiger partial charge on any atom is -0.474 e. The van der Waals surface area contributed by atoms with E-state index in [9.17, 15) is 0 Å². The average molecular weight is 234 g/mol. The van der Waals surface area contributed by atoms with Crippen LogP contribution in [-0.2, 0) is 0 Å². The lowest BCUT2D eigenvalue weighted by atomic mass is 9.97. The molecule has 1 aromatic rings. The average Bonchev–Trinajstić information content (AvgIpc) is 3.03. The largest absolute Gasteiger partial charge is 0.474 e. The van der Waals surface area contributed by atoms with E-state index in [4.69, 9.17) is 10.5 Å². The van der Waals surface area contributed by atoms with Crippen LogP contribution in [0.3, 0.4) is 0 Å². The fourth-order valence-corrected chi connectivity index (χ4v) is 1.90. The number of nitrogen functional groups attached to an aromatic ring is 1. The van der Waals surface area contributed by atoms with Crippen LogP contribution in [0.15, 0.2) is 6.07 Å². The normalized spacial score (nSPS) is 15.6. The monoisotopic (exact) mass is 234 g/mol. The Balaban J connectivity index is 2.39. The van der Waals surface area contributed by atoms with Crippen molar-refractivity contribution in [3.05, 3.63) is 17.3 Å². The van der Waals surface area contributed by atoms with Gasteiger partial charge in [0.2, 0.25) is 5.88 Å². The molecule has 0 aliphatic heterocycles. The highest BCUT2D eigenvalue weighted by Crippen LogP contribution is 2.33. The topological polar surface area (TPSA) is 48.1 Å². The van der Waals surface area contributed by atoms with Crippen LogP contribution in [0.5, 0.6) is 5.88 Å². The third kappa shape index (κ3) is 2.71. The summed E-state index contributed by atoms with van der Waals surface area (Å²) in [6.45, 7) is 8.53. The zero-order valence-electron chi connectivity index (χ0n) is 11.2. The van der Waals surface area contributed by atoms with Crippen LogP contribution in [-0.4, -0.2) is 11.1 Å². The maximum atomic E-state index is 6.18. The van der Waals surface area contributed by atoms with Crippen molar-refractivity contribution in [2.45, 2.75) is 58.5 Å². The lowest BCUT2D eigenvalue weighted by molar-refractivity contribution is 0.289. The molecule has 0 amide bonds. The molecule has 0 atom stereocenters. The zero-order valence-corrected chi connectivity index (χ0v) is 11.2. The summed E-state index contributed by atoms with van der Waals surface area (Å²) in [7, 11) is 0. The van der Waals surface area contributed by atoms with E-state index in [0.717, 1.165) is 35.7 Å². The Morgan fingerprint density at radius 2 is 1.88 bits per heavy atom. The molecule has 0 radical (unpaired) electrons. The van der Waals surface area contributed by atoms with Gasteiger partial charge in [0, 0.05) is 6.07 Å². The minimum atomic E-state index is 0.329. The highest BCUT2D eigenvalue weighted by molar-refractivity contribution is 5.55. The third-order valence-electron chi connectivity index (χ3n) is 3.08. The van der Waals surface area contributed by atoms with Gasteiger partial charge in [-0.05, 0) is 30.2 Å². The van der Waals surface area contributed by atoms with Gasteiger partial charge in [0.1, 0.15) is 6.10 Å². The van der Waals surface area contributed by atoms with E-state index < -0.39 is 0 Å². The van der Waals surface area contributed by atoms with E-state index >= 15 is 0 Å². The molecule has 0 unspecified atom stereocenters. The Morgan fingerprint density at radius 3 is 2.35 bits per heavy atom. The van der Waals surface area contributed by atoms with Gasteiger partial charge in [0.15, 0.2) is 0 Å². The standard InChI is InChI=1S/C14H22N2O/c1-8(2)11-7-12(17-10-5-6-10)16-14(9(3)4)13(11)15/h7-10H,5-6,15H2,1-4H3. The first-order valence-electron chi connectivity index (χ1n) is 6.46. The number of aromatic nitrogens is 1. The Hall–Kier alpha value is -1.25. The van der Waals surface area contributed by atoms with Gasteiger partial charge in [0.25, 0.3) is 0 Å². The summed E-state index contributed by atoms with van der Waals surface area (Å²) >= 11 is 0. The van der Waals surface area contributed by atoms with Gasteiger partial charge in [-0.15, -0.1) is 0 Å². The number of nitrogens with two attached hydrogens (primary N) is 1. The van der Waals surface area contributed by atoms with Crippen LogP contribution in [0.2, 0.25) is 0 Å². The van der Waals surface area contributed by atoms with E-state index in [1.807, 2.05) is 6.07 Å². The van der Waals surface area contributed by atoms with Gasteiger partial charge in [-0.25, -0.2) is 4.98 Å². The predicted octanol–water partition coefficient (Wildman–Crippen LogP) is 3.45. The number of hydrogen-bond donors (Lipinski definition) is 1. The molecule has 0 bridgehead atoms. The van der Waals surface area contributed by atoms with Crippen molar-refractivity contribution in [3.8, 4) is 5.88 Å². The fraction of sp³-hybridized carbons (Fsp3) is 0.643. The summed E-state index contributed by atoms with van der Waals surface area (Å²) in [6, 6.07) is 2.00. The van der Waals surface area contributed by atoms with Crippen molar-refractivity contribution in [1.82, 2.24) is 4.98 Å². The smallest absolute Gasteiger partial charge is 0.214 e. The first-order chi connectivity index (χ1) is 7.99.